The van der Waals surface area contributed by atoms with Gasteiger partial charge in [-0.25, -0.2) is 9.97 Å². The van der Waals surface area contributed by atoms with Crippen LogP contribution < -0.4 is 24.4 Å². The summed E-state index contributed by atoms with van der Waals surface area (Å²) in [5.74, 6) is 1.77. The third-order valence-corrected chi connectivity index (χ3v) is 4.52. The van der Waals surface area contributed by atoms with Crippen LogP contribution in [0, 0.1) is 6.92 Å². The molecule has 0 aliphatic carbocycles. The van der Waals surface area contributed by atoms with Crippen molar-refractivity contribution in [2.45, 2.75) is 19.8 Å². The van der Waals surface area contributed by atoms with E-state index in [0.29, 0.717) is 40.1 Å². The maximum Gasteiger partial charge on any atom is 0.259 e. The lowest BCUT2D eigenvalue weighted by atomic mass is 10.2. The lowest BCUT2D eigenvalue weighted by Gasteiger charge is -2.17. The first-order chi connectivity index (χ1) is 13.1. The van der Waals surface area contributed by atoms with Crippen molar-refractivity contribution in [2.75, 3.05) is 44.6 Å². The van der Waals surface area contributed by atoms with Gasteiger partial charge >= 0.3 is 0 Å². The molecule has 144 valence electrons. The summed E-state index contributed by atoms with van der Waals surface area (Å²) in [6, 6.07) is 3.35. The zero-order valence-electron chi connectivity index (χ0n) is 16.0. The molecule has 3 rings (SSSR count). The molecule has 8 nitrogen and oxygen atoms in total. The number of rotatable bonds is 6. The van der Waals surface area contributed by atoms with E-state index in [1.807, 2.05) is 6.92 Å². The molecule has 1 aromatic heterocycles. The third-order valence-electron chi connectivity index (χ3n) is 4.52. The van der Waals surface area contributed by atoms with Crippen LogP contribution in [0.4, 0.5) is 11.6 Å². The number of benzene rings is 1. The zero-order valence-corrected chi connectivity index (χ0v) is 16.0. The van der Waals surface area contributed by atoms with E-state index >= 15 is 0 Å². The third kappa shape index (κ3) is 3.89. The molecule has 1 aromatic carbocycles. The number of amides is 1. The molecule has 1 fully saturated rings. The second kappa shape index (κ2) is 8.11. The first-order valence-corrected chi connectivity index (χ1v) is 8.77. The normalized spacial score (nSPS) is 13.4. The number of anilines is 2. The zero-order chi connectivity index (χ0) is 19.4. The highest BCUT2D eigenvalue weighted by Gasteiger charge is 2.19. The van der Waals surface area contributed by atoms with E-state index in [9.17, 15) is 4.79 Å². The lowest BCUT2D eigenvalue weighted by Crippen LogP contribution is -2.22. The number of nitrogens with one attached hydrogen (secondary N) is 1. The fourth-order valence-electron chi connectivity index (χ4n) is 3.10. The Balaban J connectivity index is 1.82. The summed E-state index contributed by atoms with van der Waals surface area (Å²) in [6.07, 6.45) is 3.86. The molecule has 0 radical (unpaired) electrons. The first kappa shape index (κ1) is 18.8. The van der Waals surface area contributed by atoms with E-state index in [1.165, 1.54) is 21.3 Å². The number of ether oxygens (including phenoxy) is 3. The molecule has 1 aliphatic heterocycles. The van der Waals surface area contributed by atoms with Crippen LogP contribution in [0.3, 0.4) is 0 Å². The number of aromatic nitrogens is 2. The highest BCUT2D eigenvalue weighted by atomic mass is 16.5. The Morgan fingerprint density at radius 2 is 1.70 bits per heavy atom. The van der Waals surface area contributed by atoms with Gasteiger partial charge in [-0.15, -0.1) is 0 Å². The second-order valence-corrected chi connectivity index (χ2v) is 6.23. The van der Waals surface area contributed by atoms with Crippen LogP contribution in [0.15, 0.2) is 18.3 Å². The summed E-state index contributed by atoms with van der Waals surface area (Å²) in [6.45, 7) is 3.72. The standard InChI is InChI=1S/C19H24N4O4/c1-12-14(11-20-19(21-12)23-7-5-6-8-23)18(24)22-13-9-15(25-2)17(27-4)16(10-13)26-3/h9-11H,5-8H2,1-4H3,(H,22,24). The van der Waals surface area contributed by atoms with Crippen molar-refractivity contribution in [3.8, 4) is 17.2 Å². The molecule has 0 spiro atoms. The minimum absolute atomic E-state index is 0.297. The minimum atomic E-state index is -0.297. The van der Waals surface area contributed by atoms with Gasteiger partial charge in [0, 0.05) is 37.1 Å². The topological polar surface area (TPSA) is 85.8 Å². The van der Waals surface area contributed by atoms with Crippen molar-refractivity contribution in [3.63, 3.8) is 0 Å². The van der Waals surface area contributed by atoms with Crippen LogP contribution in [0.2, 0.25) is 0 Å². The number of carbonyl (C=O) groups is 1. The van der Waals surface area contributed by atoms with Crippen LogP contribution >= 0.6 is 0 Å². The predicted molar refractivity (Wildman–Crippen MR) is 102 cm³/mol. The molecule has 0 bridgehead atoms. The molecule has 2 heterocycles. The van der Waals surface area contributed by atoms with Crippen LogP contribution in [0.1, 0.15) is 28.9 Å². The number of nitrogens with zero attached hydrogens (tertiary/aromatic N) is 3. The number of hydrogen-bond donors (Lipinski definition) is 1. The maximum atomic E-state index is 12.7. The molecule has 1 amide bonds. The SMILES string of the molecule is COc1cc(NC(=O)c2cnc(N3CCCC3)nc2C)cc(OC)c1OC. The van der Waals surface area contributed by atoms with Gasteiger partial charge in [0.15, 0.2) is 11.5 Å². The van der Waals surface area contributed by atoms with E-state index in [0.717, 1.165) is 25.9 Å². The Bertz CT molecular complexity index is 809. The van der Waals surface area contributed by atoms with E-state index in [2.05, 4.69) is 20.2 Å². The quantitative estimate of drug-likeness (QED) is 0.834. The molecule has 8 heteroatoms. The van der Waals surface area contributed by atoms with Crippen molar-refractivity contribution in [2.24, 2.45) is 0 Å². The van der Waals surface area contributed by atoms with Gasteiger partial charge in [-0.05, 0) is 19.8 Å². The van der Waals surface area contributed by atoms with Crippen LogP contribution in [-0.2, 0) is 0 Å². The molecule has 0 unspecified atom stereocenters. The van der Waals surface area contributed by atoms with E-state index in [4.69, 9.17) is 14.2 Å². The van der Waals surface area contributed by atoms with Gasteiger partial charge in [0.2, 0.25) is 11.7 Å². The first-order valence-electron chi connectivity index (χ1n) is 8.77. The Morgan fingerprint density at radius 1 is 1.07 bits per heavy atom. The molecule has 1 aliphatic rings. The molecular formula is C19H24N4O4. The molecule has 0 atom stereocenters. The van der Waals surface area contributed by atoms with E-state index < -0.39 is 0 Å². The average molecular weight is 372 g/mol. The maximum absolute atomic E-state index is 12.7. The Hall–Kier alpha value is -3.03. The van der Waals surface area contributed by atoms with Gasteiger partial charge in [-0.1, -0.05) is 0 Å². The molecule has 1 N–H and O–H groups in total. The summed E-state index contributed by atoms with van der Waals surface area (Å²) < 4.78 is 15.9. The van der Waals surface area contributed by atoms with E-state index in [1.54, 1.807) is 18.3 Å². The van der Waals surface area contributed by atoms with Gasteiger partial charge in [0.1, 0.15) is 0 Å². The molecule has 27 heavy (non-hydrogen) atoms. The fourth-order valence-corrected chi connectivity index (χ4v) is 3.10. The Kier molecular flexibility index (Phi) is 5.63. The van der Waals surface area contributed by atoms with Crippen molar-refractivity contribution < 1.29 is 19.0 Å². The van der Waals surface area contributed by atoms with Gasteiger partial charge < -0.3 is 24.4 Å². The molecular weight excluding hydrogens is 348 g/mol. The van der Waals surface area contributed by atoms with Crippen LogP contribution in [0.5, 0.6) is 17.2 Å². The monoisotopic (exact) mass is 372 g/mol. The molecule has 0 saturated carbocycles. The number of methoxy groups -OCH3 is 3. The van der Waals surface area contributed by atoms with E-state index in [-0.39, 0.29) is 5.91 Å². The van der Waals surface area contributed by atoms with Gasteiger partial charge in [0.05, 0.1) is 32.6 Å². The van der Waals surface area contributed by atoms with Gasteiger partial charge in [-0.2, -0.15) is 0 Å². The summed E-state index contributed by atoms with van der Waals surface area (Å²) >= 11 is 0. The predicted octanol–water partition coefficient (Wildman–Crippen LogP) is 2.66. The summed E-state index contributed by atoms with van der Waals surface area (Å²) in [4.78, 5) is 23.7. The fraction of sp³-hybridized carbons (Fsp3) is 0.421. The highest BCUT2D eigenvalue weighted by molar-refractivity contribution is 6.05. The number of carbonyl (C=O) groups excluding carboxylic acids is 1. The van der Waals surface area contributed by atoms with Gasteiger partial charge in [-0.3, -0.25) is 4.79 Å². The minimum Gasteiger partial charge on any atom is -0.493 e. The molecule has 2 aromatic rings. The average Bonchev–Trinajstić information content (AvgIpc) is 3.21. The number of aryl methyl sites for hydroxylation is 1. The second-order valence-electron chi connectivity index (χ2n) is 6.23. The highest BCUT2D eigenvalue weighted by Crippen LogP contribution is 2.40. The lowest BCUT2D eigenvalue weighted by molar-refractivity contribution is 0.102. The Morgan fingerprint density at radius 3 is 2.22 bits per heavy atom. The van der Waals surface area contributed by atoms with Crippen molar-refractivity contribution in [3.05, 3.63) is 29.6 Å². The van der Waals surface area contributed by atoms with Crippen molar-refractivity contribution in [1.29, 1.82) is 0 Å². The van der Waals surface area contributed by atoms with Crippen LogP contribution in [-0.4, -0.2) is 50.3 Å². The number of hydrogen-bond acceptors (Lipinski definition) is 7. The smallest absolute Gasteiger partial charge is 0.259 e. The van der Waals surface area contributed by atoms with Crippen molar-refractivity contribution >= 4 is 17.5 Å². The van der Waals surface area contributed by atoms with Gasteiger partial charge in [0.25, 0.3) is 5.91 Å². The summed E-state index contributed by atoms with van der Waals surface area (Å²) in [7, 11) is 4.58. The largest absolute Gasteiger partial charge is 0.493 e. The molecule has 1 saturated heterocycles. The summed E-state index contributed by atoms with van der Waals surface area (Å²) in [5, 5.41) is 2.84. The summed E-state index contributed by atoms with van der Waals surface area (Å²) in [5.41, 5.74) is 1.58. The van der Waals surface area contributed by atoms with Crippen molar-refractivity contribution in [1.82, 2.24) is 9.97 Å². The Labute approximate surface area is 158 Å². The van der Waals surface area contributed by atoms with Crippen LogP contribution in [0.25, 0.3) is 0 Å².